The van der Waals surface area contributed by atoms with Crippen LogP contribution in [0.5, 0.6) is 0 Å². The smallest absolute Gasteiger partial charge is 0.129 e. The zero-order valence-corrected chi connectivity index (χ0v) is 37.1. The Kier molecular flexibility index (Phi) is 10.2. The summed E-state index contributed by atoms with van der Waals surface area (Å²) in [6.07, 6.45) is 23.2. The standard InChI is InChI=1S/C61H49N3S/c1-5-18-41(19-6-1)58-62-59(42-20-13-14-21-42)64-60(63-58)47-35-34-43-36-45(33-32-44(43)37-47)48-39-54(57-53-30-15-16-31-55(53)65-56(57)40-48)46-22-17-29-52(38-46)61(49-23-7-2-8-24-49,50-25-9-3-10-26-50)51-27-11-4-12-28-51/h1-5,7-13,17-18,20-40,59-60,64H,6,14-16,19H2,(H,62,63). The zero-order chi connectivity index (χ0) is 43.2. The van der Waals surface area contributed by atoms with Crippen molar-refractivity contribution in [2.45, 2.75) is 49.9 Å². The molecule has 3 aliphatic carbocycles. The predicted molar refractivity (Wildman–Crippen MR) is 274 cm³/mol. The molecule has 1 aromatic heterocycles. The minimum Gasteiger partial charge on any atom is -0.351 e. The molecule has 0 bridgehead atoms. The molecule has 8 aromatic rings. The molecular weight excluding hydrogens is 807 g/mol. The Labute approximate surface area is 384 Å². The van der Waals surface area contributed by atoms with Gasteiger partial charge in [-0.25, -0.2) is 4.99 Å². The normalized spacial score (nSPS) is 18.0. The molecule has 1 aliphatic heterocycles. The van der Waals surface area contributed by atoms with Crippen molar-refractivity contribution in [2.24, 2.45) is 4.99 Å². The molecule has 4 heteroatoms. The molecule has 0 radical (unpaired) electrons. The number of aliphatic imine (C=N–C) groups is 1. The lowest BCUT2D eigenvalue weighted by Crippen LogP contribution is -2.49. The summed E-state index contributed by atoms with van der Waals surface area (Å²) < 4.78 is 2.71. The molecule has 0 amide bonds. The fraction of sp³-hybridized carbons (Fsp3) is 0.131. The molecule has 0 saturated heterocycles. The first-order valence-corrected chi connectivity index (χ1v) is 23.9. The monoisotopic (exact) mass is 855 g/mol. The summed E-state index contributed by atoms with van der Waals surface area (Å²) in [6.45, 7) is 0. The Balaban J connectivity index is 0.971. The molecule has 0 spiro atoms. The number of nitrogens with one attached hydrogen (secondary N) is 2. The van der Waals surface area contributed by atoms with E-state index in [1.54, 1.807) is 0 Å². The van der Waals surface area contributed by atoms with E-state index in [0.717, 1.165) is 37.9 Å². The van der Waals surface area contributed by atoms with Gasteiger partial charge in [0.1, 0.15) is 18.2 Å². The quantitative estimate of drug-likeness (QED) is 0.142. The lowest BCUT2D eigenvalue weighted by molar-refractivity contribution is 0.434. The average molecular weight is 856 g/mol. The second-order valence-electron chi connectivity index (χ2n) is 17.6. The van der Waals surface area contributed by atoms with Crippen LogP contribution >= 0.6 is 11.3 Å². The van der Waals surface area contributed by atoms with Crippen LogP contribution in [0.4, 0.5) is 0 Å². The van der Waals surface area contributed by atoms with Crippen molar-refractivity contribution in [1.82, 2.24) is 10.6 Å². The van der Waals surface area contributed by atoms with Gasteiger partial charge in [-0.05, 0) is 140 Å². The first kappa shape index (κ1) is 39.5. The van der Waals surface area contributed by atoms with Gasteiger partial charge < -0.3 is 5.32 Å². The van der Waals surface area contributed by atoms with Crippen molar-refractivity contribution in [1.29, 1.82) is 0 Å². The number of nitrogens with zero attached hydrogens (tertiary/aromatic N) is 1. The molecule has 12 rings (SSSR count). The Hall–Kier alpha value is -7.11. The van der Waals surface area contributed by atoms with Crippen LogP contribution in [-0.4, -0.2) is 12.0 Å². The average Bonchev–Trinajstić information content (AvgIpc) is 4.07. The van der Waals surface area contributed by atoms with E-state index in [9.17, 15) is 0 Å². The largest absolute Gasteiger partial charge is 0.351 e. The topological polar surface area (TPSA) is 36.4 Å². The molecule has 3 nitrogen and oxygen atoms in total. The molecular formula is C61H49N3S. The predicted octanol–water partition coefficient (Wildman–Crippen LogP) is 13.2. The minimum atomic E-state index is -0.533. The summed E-state index contributed by atoms with van der Waals surface area (Å²) in [6, 6.07) is 61.3. The van der Waals surface area contributed by atoms with Crippen LogP contribution in [0.3, 0.4) is 0 Å². The molecule has 2 unspecified atom stereocenters. The van der Waals surface area contributed by atoms with Crippen LogP contribution in [0.2, 0.25) is 0 Å². The second-order valence-corrected chi connectivity index (χ2v) is 18.7. The Morgan fingerprint density at radius 1 is 0.585 bits per heavy atom. The number of rotatable bonds is 9. The third kappa shape index (κ3) is 7.14. The van der Waals surface area contributed by atoms with Crippen molar-refractivity contribution < 1.29 is 0 Å². The fourth-order valence-electron chi connectivity index (χ4n) is 10.6. The highest BCUT2D eigenvalue weighted by molar-refractivity contribution is 7.17. The minimum absolute atomic E-state index is 0.0677. The van der Waals surface area contributed by atoms with E-state index in [2.05, 4.69) is 223 Å². The van der Waals surface area contributed by atoms with Gasteiger partial charge in [0, 0.05) is 14.6 Å². The first-order chi connectivity index (χ1) is 32.2. The van der Waals surface area contributed by atoms with Crippen molar-refractivity contribution >= 4 is 50.2 Å². The number of benzene rings is 7. The van der Waals surface area contributed by atoms with Crippen LogP contribution in [0.15, 0.2) is 216 Å². The van der Waals surface area contributed by atoms with Gasteiger partial charge in [0.05, 0.1) is 5.41 Å². The molecule has 2 N–H and O–H groups in total. The summed E-state index contributed by atoms with van der Waals surface area (Å²) in [7, 11) is 0. The Bertz CT molecular complexity index is 3310. The molecule has 2 heterocycles. The lowest BCUT2D eigenvalue weighted by atomic mass is 9.65. The van der Waals surface area contributed by atoms with Gasteiger partial charge in [-0.15, -0.1) is 11.3 Å². The van der Waals surface area contributed by atoms with Gasteiger partial charge >= 0.3 is 0 Å². The number of allylic oxidation sites excluding steroid dienone is 5. The van der Waals surface area contributed by atoms with Gasteiger partial charge in [-0.3, -0.25) is 5.32 Å². The number of thiophene rings is 1. The summed E-state index contributed by atoms with van der Waals surface area (Å²) in [5, 5.41) is 12.8. The lowest BCUT2D eigenvalue weighted by Gasteiger charge is -2.37. The molecule has 7 aromatic carbocycles. The third-order valence-electron chi connectivity index (χ3n) is 13.8. The van der Waals surface area contributed by atoms with E-state index in [-0.39, 0.29) is 12.3 Å². The SMILES string of the molecule is C1=CCCC(C2=NC(C3=CCC=C3)NC(c3ccc4cc(-c5cc(-c6cccc(C(c7ccccc7)(c7ccccc7)c7ccccc7)c6)c6c7c(sc6c5)=CCCC=7)ccc4c3)N2)=C1. The Morgan fingerprint density at radius 3 is 2.03 bits per heavy atom. The van der Waals surface area contributed by atoms with Crippen LogP contribution in [0.1, 0.15) is 66.1 Å². The number of amidine groups is 1. The number of fused-ring (bicyclic) bond motifs is 4. The van der Waals surface area contributed by atoms with Gasteiger partial charge in [-0.2, -0.15) is 0 Å². The van der Waals surface area contributed by atoms with Crippen molar-refractivity contribution in [3.63, 3.8) is 0 Å². The summed E-state index contributed by atoms with van der Waals surface area (Å²) in [5.41, 5.74) is 13.1. The molecule has 0 saturated carbocycles. The first-order valence-electron chi connectivity index (χ1n) is 23.1. The van der Waals surface area contributed by atoms with Crippen LogP contribution < -0.4 is 20.4 Å². The van der Waals surface area contributed by atoms with E-state index in [1.807, 2.05) is 11.3 Å². The van der Waals surface area contributed by atoms with Crippen LogP contribution in [0.25, 0.3) is 55.3 Å². The molecule has 65 heavy (non-hydrogen) atoms. The highest BCUT2D eigenvalue weighted by atomic mass is 32.1. The van der Waals surface area contributed by atoms with Gasteiger partial charge in [0.25, 0.3) is 0 Å². The zero-order valence-electron chi connectivity index (χ0n) is 36.3. The highest BCUT2D eigenvalue weighted by Crippen LogP contribution is 2.46. The maximum absolute atomic E-state index is 5.17. The maximum Gasteiger partial charge on any atom is 0.129 e. The van der Waals surface area contributed by atoms with Gasteiger partial charge in [-0.1, -0.05) is 182 Å². The van der Waals surface area contributed by atoms with Crippen molar-refractivity contribution in [3.8, 4) is 22.3 Å². The number of hydrogen-bond donors (Lipinski definition) is 2. The van der Waals surface area contributed by atoms with E-state index in [1.165, 1.54) is 91.8 Å². The van der Waals surface area contributed by atoms with E-state index in [0.29, 0.717) is 0 Å². The van der Waals surface area contributed by atoms with Gasteiger partial charge in [0.15, 0.2) is 0 Å². The van der Waals surface area contributed by atoms with Crippen molar-refractivity contribution in [2.75, 3.05) is 0 Å². The van der Waals surface area contributed by atoms with Crippen molar-refractivity contribution in [3.05, 3.63) is 249 Å². The summed E-state index contributed by atoms with van der Waals surface area (Å²) in [4.78, 5) is 5.17. The number of hydrogen-bond acceptors (Lipinski definition) is 4. The highest BCUT2D eigenvalue weighted by Gasteiger charge is 2.38. The van der Waals surface area contributed by atoms with E-state index < -0.39 is 5.41 Å². The Morgan fingerprint density at radius 2 is 1.31 bits per heavy atom. The van der Waals surface area contributed by atoms with Crippen LogP contribution in [0, 0.1) is 0 Å². The molecule has 4 aliphatic rings. The van der Waals surface area contributed by atoms with Crippen LogP contribution in [-0.2, 0) is 5.41 Å². The maximum atomic E-state index is 5.17. The fourth-order valence-corrected chi connectivity index (χ4v) is 11.9. The molecule has 2 atom stereocenters. The summed E-state index contributed by atoms with van der Waals surface area (Å²) in [5.74, 6) is 0.993. The summed E-state index contributed by atoms with van der Waals surface area (Å²) >= 11 is 1.93. The van der Waals surface area contributed by atoms with E-state index >= 15 is 0 Å². The molecule has 0 fully saturated rings. The third-order valence-corrected chi connectivity index (χ3v) is 14.9. The second kappa shape index (κ2) is 16.8. The van der Waals surface area contributed by atoms with E-state index in [4.69, 9.17) is 4.99 Å². The van der Waals surface area contributed by atoms with Gasteiger partial charge in [0.2, 0.25) is 0 Å². The molecule has 314 valence electrons.